The number of fused-ring (bicyclic) bond motifs is 1. The first-order valence-electron chi connectivity index (χ1n) is 16.5. The second-order valence-electron chi connectivity index (χ2n) is 12.4. The van der Waals surface area contributed by atoms with Gasteiger partial charge in [0, 0.05) is 100 Å². The molecule has 12 heteroatoms. The predicted molar refractivity (Wildman–Crippen MR) is 180 cm³/mol. The zero-order valence-corrected chi connectivity index (χ0v) is 27.2. The van der Waals surface area contributed by atoms with Crippen LogP contribution < -0.4 is 25.4 Å². The van der Waals surface area contributed by atoms with Crippen LogP contribution in [0.25, 0.3) is 22.0 Å². The van der Waals surface area contributed by atoms with Crippen LogP contribution in [0.2, 0.25) is 0 Å². The van der Waals surface area contributed by atoms with E-state index in [-0.39, 0.29) is 17.7 Å². The molecule has 0 aliphatic carbocycles. The van der Waals surface area contributed by atoms with E-state index in [0.717, 1.165) is 86.6 Å². The van der Waals surface area contributed by atoms with Gasteiger partial charge in [-0.15, -0.1) is 13.2 Å². The topological polar surface area (TPSA) is 83.0 Å². The van der Waals surface area contributed by atoms with Crippen molar-refractivity contribution >= 4 is 16.8 Å². The summed E-state index contributed by atoms with van der Waals surface area (Å²) in [4.78, 5) is 17.4. The maximum absolute atomic E-state index is 12.8. The zero-order chi connectivity index (χ0) is 33.5. The normalized spacial score (nSPS) is 17.8. The first kappa shape index (κ1) is 33.8. The van der Waals surface area contributed by atoms with Crippen LogP contribution in [-0.2, 0) is 24.4 Å². The number of methoxy groups -OCH3 is 1. The summed E-state index contributed by atoms with van der Waals surface area (Å²) in [6, 6.07) is 20.4. The predicted octanol–water partition coefficient (Wildman–Crippen LogP) is 4.60. The Hall–Kier alpha value is -4.10. The second-order valence-corrected chi connectivity index (χ2v) is 12.4. The van der Waals surface area contributed by atoms with Crippen molar-refractivity contribution in [3.8, 4) is 22.6 Å². The highest BCUT2D eigenvalue weighted by Crippen LogP contribution is 2.34. The lowest BCUT2D eigenvalue weighted by Gasteiger charge is -2.35. The van der Waals surface area contributed by atoms with Gasteiger partial charge in [0.05, 0.1) is 13.2 Å². The third-order valence-electron chi connectivity index (χ3n) is 9.03. The van der Waals surface area contributed by atoms with Gasteiger partial charge in [-0.25, -0.2) is 0 Å². The molecule has 1 unspecified atom stereocenters. The fourth-order valence-electron chi connectivity index (χ4n) is 6.56. The Morgan fingerprint density at radius 3 is 2.42 bits per heavy atom. The Morgan fingerprint density at radius 2 is 1.71 bits per heavy atom. The zero-order valence-electron chi connectivity index (χ0n) is 27.2. The number of halogens is 3. The molecule has 3 N–H and O–H groups in total. The van der Waals surface area contributed by atoms with Gasteiger partial charge in [-0.2, -0.15) is 0 Å². The monoisotopic (exact) mass is 664 g/mol. The number of piperazine rings is 2. The molecule has 0 saturated carbocycles. The molecule has 6 rings (SSSR count). The Kier molecular flexibility index (Phi) is 10.9. The molecule has 0 bridgehead atoms. The molecule has 1 aromatic heterocycles. The fourth-order valence-corrected chi connectivity index (χ4v) is 6.56. The van der Waals surface area contributed by atoms with E-state index in [1.807, 2.05) is 18.2 Å². The minimum atomic E-state index is -4.74. The first-order valence-corrected chi connectivity index (χ1v) is 16.5. The minimum Gasteiger partial charge on any atom is -0.496 e. The molecule has 3 heterocycles. The molecule has 2 fully saturated rings. The van der Waals surface area contributed by atoms with Crippen LogP contribution >= 0.6 is 0 Å². The van der Waals surface area contributed by atoms with Crippen LogP contribution in [0.4, 0.5) is 13.2 Å². The summed E-state index contributed by atoms with van der Waals surface area (Å²) in [5.41, 5.74) is 5.15. The standard InChI is InChI=1S/C36H43F3N6O3/c1-47-34-6-3-2-5-28(34)24-44-19-17-43(18-20-44)23-26-7-12-33-30(21-26)31(27-8-10-29(11-9-27)48-36(37,38)39)25-45(33)16-4-13-42-35(46)32-22-40-14-15-41-32/h2-3,5-12,21,25,32,40-41H,4,13-20,22-24H2,1H3,(H,42,46). The average molecular weight is 665 g/mol. The van der Waals surface area contributed by atoms with Crippen molar-refractivity contribution in [2.24, 2.45) is 0 Å². The van der Waals surface area contributed by atoms with Crippen molar-refractivity contribution in [1.82, 2.24) is 30.3 Å². The lowest BCUT2D eigenvalue weighted by molar-refractivity contribution is -0.274. The van der Waals surface area contributed by atoms with Gasteiger partial charge < -0.3 is 30.0 Å². The van der Waals surface area contributed by atoms with Gasteiger partial charge in [0.1, 0.15) is 11.5 Å². The summed E-state index contributed by atoms with van der Waals surface area (Å²) in [6.07, 6.45) is -1.96. The summed E-state index contributed by atoms with van der Waals surface area (Å²) < 4.78 is 50.2. The lowest BCUT2D eigenvalue weighted by Crippen LogP contribution is -2.55. The Labute approximate surface area is 279 Å². The lowest BCUT2D eigenvalue weighted by atomic mass is 10.0. The van der Waals surface area contributed by atoms with Crippen molar-refractivity contribution in [1.29, 1.82) is 0 Å². The summed E-state index contributed by atoms with van der Waals surface area (Å²) in [7, 11) is 1.71. The van der Waals surface area contributed by atoms with E-state index in [0.29, 0.717) is 19.6 Å². The number of alkyl halides is 3. The molecule has 1 atom stereocenters. The second kappa shape index (κ2) is 15.4. The SMILES string of the molecule is COc1ccccc1CN1CCN(Cc2ccc3c(c2)c(-c2ccc(OC(F)(F)F)cc2)cn3CCCNC(=O)C2CNCCN2)CC1. The van der Waals surface area contributed by atoms with Gasteiger partial charge >= 0.3 is 6.36 Å². The number of nitrogens with zero attached hydrogens (tertiary/aromatic N) is 3. The fraction of sp³-hybridized carbons (Fsp3) is 0.417. The number of nitrogens with one attached hydrogen (secondary N) is 3. The van der Waals surface area contributed by atoms with E-state index >= 15 is 0 Å². The molecular weight excluding hydrogens is 621 g/mol. The van der Waals surface area contributed by atoms with E-state index < -0.39 is 6.36 Å². The average Bonchev–Trinajstić information content (AvgIpc) is 3.45. The molecule has 4 aromatic rings. The van der Waals surface area contributed by atoms with Crippen molar-refractivity contribution in [3.05, 3.63) is 84.1 Å². The number of aryl methyl sites for hydroxylation is 1. The summed E-state index contributed by atoms with van der Waals surface area (Å²) in [5, 5.41) is 10.5. The molecule has 0 spiro atoms. The summed E-state index contributed by atoms with van der Waals surface area (Å²) in [6.45, 7) is 8.91. The number of hydrogen-bond donors (Lipinski definition) is 3. The minimum absolute atomic E-state index is 0.00770. The third kappa shape index (κ3) is 8.67. The highest BCUT2D eigenvalue weighted by Gasteiger charge is 2.31. The molecule has 48 heavy (non-hydrogen) atoms. The van der Waals surface area contributed by atoms with Crippen molar-refractivity contribution in [2.45, 2.75) is 38.5 Å². The first-order chi connectivity index (χ1) is 23.3. The van der Waals surface area contributed by atoms with Gasteiger partial charge in [-0.05, 0) is 47.9 Å². The largest absolute Gasteiger partial charge is 0.573 e. The summed E-state index contributed by atoms with van der Waals surface area (Å²) in [5.74, 6) is 0.656. The number of carbonyl (C=O) groups is 1. The molecule has 2 saturated heterocycles. The highest BCUT2D eigenvalue weighted by molar-refractivity contribution is 5.96. The number of para-hydroxylation sites is 1. The number of aromatic nitrogens is 1. The number of carbonyl (C=O) groups excluding carboxylic acids is 1. The van der Waals surface area contributed by atoms with Crippen LogP contribution in [0, 0.1) is 0 Å². The highest BCUT2D eigenvalue weighted by atomic mass is 19.4. The molecule has 2 aliphatic heterocycles. The van der Waals surface area contributed by atoms with Gasteiger partial charge in [-0.1, -0.05) is 36.4 Å². The van der Waals surface area contributed by atoms with E-state index in [2.05, 4.69) is 65.5 Å². The van der Waals surface area contributed by atoms with Gasteiger partial charge in [0.2, 0.25) is 5.91 Å². The number of ether oxygens (including phenoxy) is 2. The Morgan fingerprint density at radius 1 is 0.958 bits per heavy atom. The van der Waals surface area contributed by atoms with Crippen LogP contribution in [0.1, 0.15) is 17.5 Å². The smallest absolute Gasteiger partial charge is 0.496 e. The van der Waals surface area contributed by atoms with Crippen LogP contribution in [-0.4, -0.2) is 92.1 Å². The molecule has 3 aromatic carbocycles. The molecule has 2 aliphatic rings. The number of benzene rings is 3. The van der Waals surface area contributed by atoms with E-state index in [9.17, 15) is 18.0 Å². The Balaban J connectivity index is 1.14. The van der Waals surface area contributed by atoms with Crippen molar-refractivity contribution in [2.75, 3.05) is 59.5 Å². The van der Waals surface area contributed by atoms with E-state index in [1.165, 1.54) is 23.3 Å². The van der Waals surface area contributed by atoms with Gasteiger partial charge in [0.25, 0.3) is 0 Å². The van der Waals surface area contributed by atoms with Crippen LogP contribution in [0.3, 0.4) is 0 Å². The molecule has 1 amide bonds. The van der Waals surface area contributed by atoms with E-state index in [4.69, 9.17) is 4.74 Å². The summed E-state index contributed by atoms with van der Waals surface area (Å²) >= 11 is 0. The third-order valence-corrected chi connectivity index (χ3v) is 9.03. The number of amides is 1. The van der Waals surface area contributed by atoms with Gasteiger partial charge in [0.15, 0.2) is 0 Å². The van der Waals surface area contributed by atoms with Gasteiger partial charge in [-0.3, -0.25) is 14.6 Å². The molecule has 256 valence electrons. The van der Waals surface area contributed by atoms with E-state index in [1.54, 1.807) is 19.2 Å². The molecule has 9 nitrogen and oxygen atoms in total. The number of rotatable bonds is 12. The van der Waals surface area contributed by atoms with Crippen LogP contribution in [0.5, 0.6) is 11.5 Å². The van der Waals surface area contributed by atoms with Crippen LogP contribution in [0.15, 0.2) is 72.9 Å². The maximum atomic E-state index is 12.8. The quantitative estimate of drug-likeness (QED) is 0.191. The van der Waals surface area contributed by atoms with Crippen molar-refractivity contribution < 1.29 is 27.4 Å². The molecule has 0 radical (unpaired) electrons. The van der Waals surface area contributed by atoms with Crippen molar-refractivity contribution in [3.63, 3.8) is 0 Å². The molecular formula is C36H43F3N6O3. The Bertz CT molecular complexity index is 1660. The number of hydrogen-bond acceptors (Lipinski definition) is 7. The maximum Gasteiger partial charge on any atom is 0.573 e.